The first-order valence-electron chi connectivity index (χ1n) is 3.10. The van der Waals surface area contributed by atoms with Gasteiger partial charge in [0.2, 0.25) is 5.91 Å². The largest absolute Gasteiger partial charge is 0.482 e. The summed E-state index contributed by atoms with van der Waals surface area (Å²) in [5, 5.41) is 5.57. The molecular weight excluding hydrogens is 132 g/mol. The van der Waals surface area contributed by atoms with Gasteiger partial charge in [-0.05, 0) is 0 Å². The zero-order chi connectivity index (χ0) is 7.40. The molecule has 0 aromatic carbocycles. The fourth-order valence-corrected chi connectivity index (χ4v) is 0.724. The Morgan fingerprint density at radius 3 is 2.90 bits per heavy atom. The maximum absolute atomic E-state index is 10.7. The van der Waals surface area contributed by atoms with Crippen molar-refractivity contribution in [1.82, 2.24) is 10.6 Å². The summed E-state index contributed by atoms with van der Waals surface area (Å²) in [7, 11) is 1.53. The predicted molar refractivity (Wildman–Crippen MR) is 36.1 cm³/mol. The summed E-state index contributed by atoms with van der Waals surface area (Å²) in [6.07, 6.45) is 1.40. The summed E-state index contributed by atoms with van der Waals surface area (Å²) in [6, 6.07) is 0. The van der Waals surface area contributed by atoms with Crippen molar-refractivity contribution in [1.29, 1.82) is 0 Å². The van der Waals surface area contributed by atoms with Gasteiger partial charge in [0.05, 0.1) is 13.2 Å². The van der Waals surface area contributed by atoms with E-state index in [1.54, 1.807) is 0 Å². The molecular formula is C6H10N2O2. The SMILES string of the molecule is COC1=CC(=O)NCCN1. The van der Waals surface area contributed by atoms with Crippen molar-refractivity contribution in [3.05, 3.63) is 12.0 Å². The fraction of sp³-hybridized carbons (Fsp3) is 0.500. The number of hydrogen-bond donors (Lipinski definition) is 2. The molecule has 0 bridgehead atoms. The Bertz CT molecular complexity index is 165. The summed E-state index contributed by atoms with van der Waals surface area (Å²) < 4.78 is 4.83. The number of carbonyl (C=O) groups is 1. The molecule has 1 heterocycles. The molecule has 1 aliphatic heterocycles. The highest BCUT2D eigenvalue weighted by Gasteiger charge is 2.04. The van der Waals surface area contributed by atoms with Gasteiger partial charge in [-0.15, -0.1) is 0 Å². The molecule has 56 valence electrons. The van der Waals surface area contributed by atoms with Crippen molar-refractivity contribution in [2.75, 3.05) is 20.2 Å². The molecule has 0 fully saturated rings. The van der Waals surface area contributed by atoms with Crippen molar-refractivity contribution >= 4 is 5.91 Å². The molecule has 0 saturated carbocycles. The lowest BCUT2D eigenvalue weighted by Crippen LogP contribution is -2.25. The molecule has 4 heteroatoms. The molecule has 0 aliphatic carbocycles. The first-order chi connectivity index (χ1) is 4.83. The minimum Gasteiger partial charge on any atom is -0.482 e. The topological polar surface area (TPSA) is 50.4 Å². The number of ether oxygens (including phenoxy) is 1. The number of amides is 1. The van der Waals surface area contributed by atoms with Crippen LogP contribution in [0.3, 0.4) is 0 Å². The van der Waals surface area contributed by atoms with Crippen molar-refractivity contribution in [3.8, 4) is 0 Å². The van der Waals surface area contributed by atoms with Gasteiger partial charge < -0.3 is 15.4 Å². The van der Waals surface area contributed by atoms with Crippen LogP contribution < -0.4 is 10.6 Å². The first-order valence-corrected chi connectivity index (χ1v) is 3.10. The molecule has 0 aromatic rings. The quantitative estimate of drug-likeness (QED) is 0.503. The maximum Gasteiger partial charge on any atom is 0.249 e. The molecule has 0 aromatic heterocycles. The van der Waals surface area contributed by atoms with Crippen molar-refractivity contribution in [2.24, 2.45) is 0 Å². The predicted octanol–water partition coefficient (Wildman–Crippen LogP) is -0.806. The second-order valence-electron chi connectivity index (χ2n) is 1.93. The second-order valence-corrected chi connectivity index (χ2v) is 1.93. The molecule has 0 radical (unpaired) electrons. The highest BCUT2D eigenvalue weighted by atomic mass is 16.5. The molecule has 1 amide bonds. The van der Waals surface area contributed by atoms with Crippen molar-refractivity contribution in [2.45, 2.75) is 0 Å². The Morgan fingerprint density at radius 1 is 1.50 bits per heavy atom. The summed E-state index contributed by atoms with van der Waals surface area (Å²) in [5.74, 6) is 0.414. The van der Waals surface area contributed by atoms with Crippen LogP contribution in [-0.2, 0) is 9.53 Å². The molecule has 0 atom stereocenters. The third kappa shape index (κ3) is 1.65. The van der Waals surface area contributed by atoms with Crippen LogP contribution in [0.4, 0.5) is 0 Å². The van der Waals surface area contributed by atoms with Crippen molar-refractivity contribution < 1.29 is 9.53 Å². The average molecular weight is 142 g/mol. The number of nitrogens with one attached hydrogen (secondary N) is 2. The molecule has 1 aliphatic rings. The molecule has 10 heavy (non-hydrogen) atoms. The third-order valence-electron chi connectivity index (χ3n) is 1.21. The Kier molecular flexibility index (Phi) is 2.15. The van der Waals surface area contributed by atoms with Gasteiger partial charge in [-0.2, -0.15) is 0 Å². The van der Waals surface area contributed by atoms with E-state index in [9.17, 15) is 4.79 Å². The van der Waals surface area contributed by atoms with Gasteiger partial charge in [0, 0.05) is 13.1 Å². The molecule has 0 spiro atoms. The van der Waals surface area contributed by atoms with Gasteiger partial charge in [0.25, 0.3) is 0 Å². The smallest absolute Gasteiger partial charge is 0.249 e. The van der Waals surface area contributed by atoms with E-state index in [2.05, 4.69) is 10.6 Å². The Morgan fingerprint density at radius 2 is 2.20 bits per heavy atom. The lowest BCUT2D eigenvalue weighted by molar-refractivity contribution is -0.116. The number of rotatable bonds is 1. The van der Waals surface area contributed by atoms with Crippen LogP contribution in [-0.4, -0.2) is 26.1 Å². The van der Waals surface area contributed by atoms with E-state index in [1.165, 1.54) is 13.2 Å². The summed E-state index contributed by atoms with van der Waals surface area (Å²) in [6.45, 7) is 1.35. The molecule has 0 saturated heterocycles. The lowest BCUT2D eigenvalue weighted by atomic mass is 10.5. The molecule has 1 rings (SSSR count). The van der Waals surface area contributed by atoms with E-state index in [1.807, 2.05) is 0 Å². The van der Waals surface area contributed by atoms with Crippen molar-refractivity contribution in [3.63, 3.8) is 0 Å². The normalized spacial score (nSPS) is 18.1. The molecule has 0 unspecified atom stereocenters. The summed E-state index contributed by atoms with van der Waals surface area (Å²) >= 11 is 0. The molecule has 4 nitrogen and oxygen atoms in total. The van der Waals surface area contributed by atoms with Crippen LogP contribution in [0, 0.1) is 0 Å². The van der Waals surface area contributed by atoms with E-state index in [4.69, 9.17) is 4.74 Å². The Hall–Kier alpha value is -1.19. The standard InChI is InChI=1S/C6H10N2O2/c1-10-6-4-5(9)7-2-3-8-6/h4,8H,2-3H2,1H3,(H,7,9). The van der Waals surface area contributed by atoms with E-state index in [-0.39, 0.29) is 5.91 Å². The Balaban J connectivity index is 2.59. The minimum absolute atomic E-state index is 0.109. The highest BCUT2D eigenvalue weighted by molar-refractivity contribution is 5.88. The third-order valence-corrected chi connectivity index (χ3v) is 1.21. The number of methoxy groups -OCH3 is 1. The fourth-order valence-electron chi connectivity index (χ4n) is 0.724. The van der Waals surface area contributed by atoms with E-state index in [0.29, 0.717) is 19.0 Å². The van der Waals surface area contributed by atoms with E-state index >= 15 is 0 Å². The van der Waals surface area contributed by atoms with Crippen LogP contribution in [0.15, 0.2) is 12.0 Å². The summed E-state index contributed by atoms with van der Waals surface area (Å²) in [5.41, 5.74) is 0. The van der Waals surface area contributed by atoms with Crippen LogP contribution in [0.1, 0.15) is 0 Å². The summed E-state index contributed by atoms with van der Waals surface area (Å²) in [4.78, 5) is 10.7. The second kappa shape index (κ2) is 3.10. The zero-order valence-corrected chi connectivity index (χ0v) is 5.81. The lowest BCUT2D eigenvalue weighted by Gasteiger charge is -2.03. The average Bonchev–Trinajstić information content (AvgIpc) is 2.13. The number of hydrogen-bond acceptors (Lipinski definition) is 3. The Labute approximate surface area is 59.2 Å². The monoisotopic (exact) mass is 142 g/mol. The van der Waals surface area contributed by atoms with Crippen LogP contribution in [0.25, 0.3) is 0 Å². The van der Waals surface area contributed by atoms with Crippen LogP contribution in [0.2, 0.25) is 0 Å². The van der Waals surface area contributed by atoms with Gasteiger partial charge in [-0.25, -0.2) is 0 Å². The number of carbonyl (C=O) groups excluding carboxylic acids is 1. The van der Waals surface area contributed by atoms with Gasteiger partial charge in [-0.3, -0.25) is 4.79 Å². The van der Waals surface area contributed by atoms with Crippen LogP contribution >= 0.6 is 0 Å². The van der Waals surface area contributed by atoms with E-state index < -0.39 is 0 Å². The van der Waals surface area contributed by atoms with Gasteiger partial charge in [-0.1, -0.05) is 0 Å². The van der Waals surface area contributed by atoms with Crippen LogP contribution in [0.5, 0.6) is 0 Å². The highest BCUT2D eigenvalue weighted by Crippen LogP contribution is 1.90. The molecule has 2 N–H and O–H groups in total. The minimum atomic E-state index is -0.109. The van der Waals surface area contributed by atoms with Gasteiger partial charge >= 0.3 is 0 Å². The van der Waals surface area contributed by atoms with E-state index in [0.717, 1.165) is 0 Å². The maximum atomic E-state index is 10.7. The zero-order valence-electron chi connectivity index (χ0n) is 5.81. The van der Waals surface area contributed by atoms with Gasteiger partial charge in [0.15, 0.2) is 5.88 Å². The first kappa shape index (κ1) is 6.92. The van der Waals surface area contributed by atoms with Gasteiger partial charge in [0.1, 0.15) is 0 Å².